The SMILES string of the molecule is CCC(Oc1ccc(CC(=O)O)cc1)C(N)=O. The Kier molecular flexibility index (Phi) is 4.51. The maximum Gasteiger partial charge on any atom is 0.307 e. The second-order valence-electron chi connectivity index (χ2n) is 3.63. The molecule has 5 heteroatoms. The lowest BCUT2D eigenvalue weighted by atomic mass is 10.1. The van der Waals surface area contributed by atoms with Crippen LogP contribution in [0.1, 0.15) is 18.9 Å². The van der Waals surface area contributed by atoms with Crippen molar-refractivity contribution in [3.63, 3.8) is 0 Å². The van der Waals surface area contributed by atoms with Gasteiger partial charge in [0.1, 0.15) is 5.75 Å². The van der Waals surface area contributed by atoms with Gasteiger partial charge < -0.3 is 15.6 Å². The van der Waals surface area contributed by atoms with Crippen LogP contribution in [0.2, 0.25) is 0 Å². The molecule has 1 aromatic rings. The number of carbonyl (C=O) groups is 2. The second kappa shape index (κ2) is 5.89. The lowest BCUT2D eigenvalue weighted by Gasteiger charge is -2.14. The van der Waals surface area contributed by atoms with Crippen molar-refractivity contribution in [1.29, 1.82) is 0 Å². The third-order valence-corrected chi connectivity index (χ3v) is 2.25. The molecule has 0 saturated heterocycles. The summed E-state index contributed by atoms with van der Waals surface area (Å²) >= 11 is 0. The number of carbonyl (C=O) groups excluding carboxylic acids is 1. The Hall–Kier alpha value is -2.04. The average molecular weight is 237 g/mol. The number of primary amides is 1. The van der Waals surface area contributed by atoms with E-state index in [1.54, 1.807) is 31.2 Å². The van der Waals surface area contributed by atoms with Crippen molar-refractivity contribution in [3.05, 3.63) is 29.8 Å². The maximum absolute atomic E-state index is 11.0. The Morgan fingerprint density at radius 2 is 1.94 bits per heavy atom. The largest absolute Gasteiger partial charge is 0.481 e. The van der Waals surface area contributed by atoms with Crippen molar-refractivity contribution in [3.8, 4) is 5.75 Å². The molecule has 1 unspecified atom stereocenters. The summed E-state index contributed by atoms with van der Waals surface area (Å²) < 4.78 is 5.36. The van der Waals surface area contributed by atoms with Crippen LogP contribution < -0.4 is 10.5 Å². The van der Waals surface area contributed by atoms with Crippen molar-refractivity contribution in [2.75, 3.05) is 0 Å². The van der Waals surface area contributed by atoms with E-state index in [1.165, 1.54) is 0 Å². The number of ether oxygens (including phenoxy) is 1. The van der Waals surface area contributed by atoms with Crippen molar-refractivity contribution < 1.29 is 19.4 Å². The van der Waals surface area contributed by atoms with Gasteiger partial charge in [0.05, 0.1) is 6.42 Å². The quantitative estimate of drug-likeness (QED) is 0.771. The van der Waals surface area contributed by atoms with Crippen molar-refractivity contribution in [1.82, 2.24) is 0 Å². The van der Waals surface area contributed by atoms with Crippen molar-refractivity contribution in [2.45, 2.75) is 25.9 Å². The molecule has 0 aliphatic rings. The highest BCUT2D eigenvalue weighted by molar-refractivity contribution is 5.79. The molecule has 0 aromatic heterocycles. The molecule has 1 atom stereocenters. The summed E-state index contributed by atoms with van der Waals surface area (Å²) in [6, 6.07) is 6.56. The van der Waals surface area contributed by atoms with Gasteiger partial charge in [-0.2, -0.15) is 0 Å². The maximum atomic E-state index is 11.0. The van der Waals surface area contributed by atoms with Gasteiger partial charge in [-0.1, -0.05) is 19.1 Å². The Balaban J connectivity index is 2.67. The summed E-state index contributed by atoms with van der Waals surface area (Å²) in [5, 5.41) is 8.60. The molecule has 0 saturated carbocycles. The molecule has 1 amide bonds. The molecule has 0 aliphatic carbocycles. The molecule has 92 valence electrons. The van der Waals surface area contributed by atoms with Crippen LogP contribution in [-0.4, -0.2) is 23.1 Å². The van der Waals surface area contributed by atoms with E-state index in [-0.39, 0.29) is 6.42 Å². The molecule has 5 nitrogen and oxygen atoms in total. The first-order chi connectivity index (χ1) is 8.02. The van der Waals surface area contributed by atoms with Gasteiger partial charge in [0.15, 0.2) is 6.10 Å². The summed E-state index contributed by atoms with van der Waals surface area (Å²) in [5.41, 5.74) is 5.83. The first-order valence-corrected chi connectivity index (χ1v) is 5.29. The summed E-state index contributed by atoms with van der Waals surface area (Å²) in [6.45, 7) is 1.80. The highest BCUT2D eigenvalue weighted by atomic mass is 16.5. The number of amides is 1. The van der Waals surface area contributed by atoms with Crippen LogP contribution in [0.5, 0.6) is 5.75 Å². The minimum atomic E-state index is -0.887. The first kappa shape index (κ1) is 13.0. The van der Waals surface area contributed by atoms with Gasteiger partial charge in [-0.3, -0.25) is 9.59 Å². The molecule has 0 aliphatic heterocycles. The van der Waals surface area contributed by atoms with Gasteiger partial charge in [0.25, 0.3) is 5.91 Å². The van der Waals surface area contributed by atoms with Crippen LogP contribution in [0.4, 0.5) is 0 Å². The van der Waals surface area contributed by atoms with E-state index in [0.717, 1.165) is 0 Å². The highest BCUT2D eigenvalue weighted by Gasteiger charge is 2.14. The number of aliphatic carboxylic acids is 1. The molecular formula is C12H15NO4. The summed E-state index contributed by atoms with van der Waals surface area (Å²) in [7, 11) is 0. The zero-order chi connectivity index (χ0) is 12.8. The van der Waals surface area contributed by atoms with Gasteiger partial charge in [0.2, 0.25) is 0 Å². The van der Waals surface area contributed by atoms with Gasteiger partial charge in [-0.05, 0) is 24.1 Å². The normalized spacial score (nSPS) is 11.8. The number of rotatable bonds is 6. The Bertz CT molecular complexity index is 399. The van der Waals surface area contributed by atoms with Crippen LogP contribution in [0, 0.1) is 0 Å². The molecule has 0 spiro atoms. The number of nitrogens with two attached hydrogens (primary N) is 1. The van der Waals surface area contributed by atoms with E-state index < -0.39 is 18.0 Å². The van der Waals surface area contributed by atoms with E-state index in [4.69, 9.17) is 15.6 Å². The van der Waals surface area contributed by atoms with E-state index in [2.05, 4.69) is 0 Å². The van der Waals surface area contributed by atoms with Crippen LogP contribution in [0.3, 0.4) is 0 Å². The molecule has 17 heavy (non-hydrogen) atoms. The molecule has 0 heterocycles. The van der Waals surface area contributed by atoms with Crippen molar-refractivity contribution in [2.24, 2.45) is 5.73 Å². The van der Waals surface area contributed by atoms with E-state index in [0.29, 0.717) is 17.7 Å². The zero-order valence-electron chi connectivity index (χ0n) is 9.55. The van der Waals surface area contributed by atoms with Crippen LogP contribution >= 0.6 is 0 Å². The Morgan fingerprint density at radius 3 is 2.35 bits per heavy atom. The molecule has 0 fully saturated rings. The lowest BCUT2D eigenvalue weighted by Crippen LogP contribution is -2.32. The minimum absolute atomic E-state index is 0.0344. The van der Waals surface area contributed by atoms with Crippen LogP contribution in [-0.2, 0) is 16.0 Å². The fourth-order valence-corrected chi connectivity index (χ4v) is 1.37. The fraction of sp³-hybridized carbons (Fsp3) is 0.333. The van der Waals surface area contributed by atoms with Gasteiger partial charge in [-0.25, -0.2) is 0 Å². The molecule has 3 N–H and O–H groups in total. The monoisotopic (exact) mass is 237 g/mol. The molecular weight excluding hydrogens is 222 g/mol. The van der Waals surface area contributed by atoms with Crippen LogP contribution in [0.25, 0.3) is 0 Å². The fourth-order valence-electron chi connectivity index (χ4n) is 1.37. The number of hydrogen-bond acceptors (Lipinski definition) is 3. The van der Waals surface area contributed by atoms with Crippen LogP contribution in [0.15, 0.2) is 24.3 Å². The van der Waals surface area contributed by atoms with Gasteiger partial charge in [0, 0.05) is 0 Å². The standard InChI is InChI=1S/C12H15NO4/c1-2-10(12(13)16)17-9-5-3-8(4-6-9)7-11(14)15/h3-6,10H,2,7H2,1H3,(H2,13,16)(H,14,15). The number of benzene rings is 1. The lowest BCUT2D eigenvalue weighted by molar-refractivity contribution is -0.136. The molecule has 0 bridgehead atoms. The van der Waals surface area contributed by atoms with Gasteiger partial charge in [-0.15, -0.1) is 0 Å². The summed E-state index contributed by atoms with van der Waals surface area (Å²) in [5.74, 6) is -0.894. The molecule has 0 radical (unpaired) electrons. The number of carboxylic acids is 1. The van der Waals surface area contributed by atoms with E-state index >= 15 is 0 Å². The first-order valence-electron chi connectivity index (χ1n) is 5.29. The smallest absolute Gasteiger partial charge is 0.307 e. The number of carboxylic acid groups (broad SMARTS) is 1. The third kappa shape index (κ3) is 4.14. The highest BCUT2D eigenvalue weighted by Crippen LogP contribution is 2.15. The Labute approximate surface area is 99.2 Å². The van der Waals surface area contributed by atoms with Gasteiger partial charge >= 0.3 is 5.97 Å². The second-order valence-corrected chi connectivity index (χ2v) is 3.63. The average Bonchev–Trinajstić information content (AvgIpc) is 2.26. The summed E-state index contributed by atoms with van der Waals surface area (Å²) in [4.78, 5) is 21.4. The predicted octanol–water partition coefficient (Wildman–Crippen LogP) is 0.956. The topological polar surface area (TPSA) is 89.6 Å². The molecule has 1 aromatic carbocycles. The minimum Gasteiger partial charge on any atom is -0.481 e. The summed E-state index contributed by atoms with van der Waals surface area (Å²) in [6.07, 6.45) is -0.195. The third-order valence-electron chi connectivity index (χ3n) is 2.25. The van der Waals surface area contributed by atoms with Crippen molar-refractivity contribution >= 4 is 11.9 Å². The van der Waals surface area contributed by atoms with E-state index in [1.807, 2.05) is 0 Å². The predicted molar refractivity (Wildman–Crippen MR) is 61.7 cm³/mol. The molecule has 1 rings (SSSR count). The Morgan fingerprint density at radius 1 is 1.35 bits per heavy atom. The van der Waals surface area contributed by atoms with E-state index in [9.17, 15) is 9.59 Å². The zero-order valence-corrected chi connectivity index (χ0v) is 9.55. The number of hydrogen-bond donors (Lipinski definition) is 2.